The molecule has 4 nitrogen and oxygen atoms in total. The molecule has 0 saturated heterocycles. The van der Waals surface area contributed by atoms with Crippen LogP contribution >= 0.6 is 12.4 Å². The Morgan fingerprint density at radius 1 is 1.12 bits per heavy atom. The van der Waals surface area contributed by atoms with Crippen molar-refractivity contribution in [3.8, 4) is 0 Å². The molecule has 0 fully saturated rings. The SMILES string of the molecule is CC(C)(C)OC[C@@H](N)C(=O)OC(C)(C)C.Cl. The molecule has 0 aliphatic heterocycles. The summed E-state index contributed by atoms with van der Waals surface area (Å²) in [5.41, 5.74) is 4.84. The van der Waals surface area contributed by atoms with Gasteiger partial charge in [-0.05, 0) is 41.5 Å². The molecular formula is C11H24ClNO3. The van der Waals surface area contributed by atoms with Crippen LogP contribution in [0.15, 0.2) is 0 Å². The van der Waals surface area contributed by atoms with E-state index in [0.29, 0.717) is 0 Å². The van der Waals surface area contributed by atoms with Gasteiger partial charge in [0.25, 0.3) is 0 Å². The molecule has 0 aliphatic carbocycles. The first-order valence-corrected chi connectivity index (χ1v) is 5.14. The van der Waals surface area contributed by atoms with Crippen LogP contribution in [-0.4, -0.2) is 29.8 Å². The van der Waals surface area contributed by atoms with Crippen LogP contribution in [-0.2, 0) is 14.3 Å². The third-order valence-electron chi connectivity index (χ3n) is 1.41. The van der Waals surface area contributed by atoms with E-state index in [1.807, 2.05) is 41.5 Å². The highest BCUT2D eigenvalue weighted by molar-refractivity contribution is 5.85. The van der Waals surface area contributed by atoms with Gasteiger partial charge in [0.2, 0.25) is 0 Å². The Kier molecular flexibility index (Phi) is 7.25. The van der Waals surface area contributed by atoms with Crippen LogP contribution in [0, 0.1) is 0 Å². The van der Waals surface area contributed by atoms with Gasteiger partial charge in [-0.1, -0.05) is 0 Å². The van der Waals surface area contributed by atoms with E-state index in [-0.39, 0.29) is 24.6 Å². The highest BCUT2D eigenvalue weighted by atomic mass is 35.5. The Labute approximate surface area is 104 Å². The molecule has 0 spiro atoms. The second kappa shape index (κ2) is 6.42. The number of halogens is 1. The van der Waals surface area contributed by atoms with Gasteiger partial charge in [0.05, 0.1) is 12.2 Å². The van der Waals surface area contributed by atoms with Crippen molar-refractivity contribution >= 4 is 18.4 Å². The van der Waals surface area contributed by atoms with Crippen molar-refractivity contribution in [1.29, 1.82) is 0 Å². The van der Waals surface area contributed by atoms with Gasteiger partial charge in [-0.25, -0.2) is 0 Å². The van der Waals surface area contributed by atoms with E-state index < -0.39 is 17.6 Å². The molecule has 0 heterocycles. The summed E-state index contributed by atoms with van der Waals surface area (Å²) in [5, 5.41) is 0. The monoisotopic (exact) mass is 253 g/mol. The van der Waals surface area contributed by atoms with Crippen LogP contribution in [0.1, 0.15) is 41.5 Å². The molecule has 0 aromatic carbocycles. The van der Waals surface area contributed by atoms with Gasteiger partial charge in [0, 0.05) is 0 Å². The van der Waals surface area contributed by atoms with Crippen LogP contribution in [0.25, 0.3) is 0 Å². The number of ether oxygens (including phenoxy) is 2. The van der Waals surface area contributed by atoms with Crippen molar-refractivity contribution in [2.45, 2.75) is 58.8 Å². The fourth-order valence-electron chi connectivity index (χ4n) is 0.785. The topological polar surface area (TPSA) is 61.5 Å². The summed E-state index contributed by atoms with van der Waals surface area (Å²) >= 11 is 0. The van der Waals surface area contributed by atoms with E-state index in [2.05, 4.69) is 0 Å². The first-order chi connectivity index (χ1) is 6.51. The van der Waals surface area contributed by atoms with Crippen molar-refractivity contribution in [3.05, 3.63) is 0 Å². The zero-order valence-corrected chi connectivity index (χ0v) is 11.8. The average Bonchev–Trinajstić information content (AvgIpc) is 1.95. The van der Waals surface area contributed by atoms with Gasteiger partial charge in [-0.2, -0.15) is 0 Å². The molecule has 0 rings (SSSR count). The molecule has 0 unspecified atom stereocenters. The number of esters is 1. The minimum Gasteiger partial charge on any atom is -0.459 e. The summed E-state index contributed by atoms with van der Waals surface area (Å²) in [4.78, 5) is 11.4. The fourth-order valence-corrected chi connectivity index (χ4v) is 0.785. The Morgan fingerprint density at radius 3 is 1.88 bits per heavy atom. The lowest BCUT2D eigenvalue weighted by Gasteiger charge is -2.25. The number of nitrogens with two attached hydrogens (primary N) is 1. The van der Waals surface area contributed by atoms with Crippen molar-refractivity contribution in [3.63, 3.8) is 0 Å². The first-order valence-electron chi connectivity index (χ1n) is 5.14. The van der Waals surface area contributed by atoms with Crippen LogP contribution < -0.4 is 5.73 Å². The second-order valence-electron chi connectivity index (χ2n) is 5.56. The lowest BCUT2D eigenvalue weighted by Crippen LogP contribution is -2.42. The number of rotatable bonds is 3. The summed E-state index contributed by atoms with van der Waals surface area (Å²) in [6, 6.07) is -0.719. The normalized spacial score (nSPS) is 13.9. The van der Waals surface area contributed by atoms with E-state index >= 15 is 0 Å². The predicted molar refractivity (Wildman–Crippen MR) is 66.8 cm³/mol. The standard InChI is InChI=1S/C11H23NO3.ClH/c1-10(2,3)14-7-8(12)9(13)15-11(4,5)6;/h8H,7,12H2,1-6H3;1H/t8-;/m1./s1. The maximum atomic E-state index is 11.4. The average molecular weight is 254 g/mol. The minimum absolute atomic E-state index is 0. The van der Waals surface area contributed by atoms with Crippen molar-refractivity contribution in [1.82, 2.24) is 0 Å². The maximum Gasteiger partial charge on any atom is 0.325 e. The summed E-state index contributed by atoms with van der Waals surface area (Å²) < 4.78 is 10.5. The maximum absolute atomic E-state index is 11.4. The van der Waals surface area contributed by atoms with Crippen LogP contribution in [0.5, 0.6) is 0 Å². The second-order valence-corrected chi connectivity index (χ2v) is 5.56. The molecule has 2 N–H and O–H groups in total. The molecule has 16 heavy (non-hydrogen) atoms. The quantitative estimate of drug-likeness (QED) is 0.781. The summed E-state index contributed by atoms with van der Waals surface area (Å²) in [7, 11) is 0. The third-order valence-corrected chi connectivity index (χ3v) is 1.41. The molecule has 0 aliphatic rings. The van der Waals surface area contributed by atoms with Crippen molar-refractivity contribution < 1.29 is 14.3 Å². The summed E-state index contributed by atoms with van der Waals surface area (Å²) in [5.74, 6) is -0.424. The lowest BCUT2D eigenvalue weighted by molar-refractivity contribution is -0.159. The van der Waals surface area contributed by atoms with Crippen LogP contribution in [0.4, 0.5) is 0 Å². The highest BCUT2D eigenvalue weighted by Gasteiger charge is 2.23. The van der Waals surface area contributed by atoms with Gasteiger partial charge in [0.15, 0.2) is 0 Å². The molecule has 0 radical (unpaired) electrons. The van der Waals surface area contributed by atoms with Gasteiger partial charge in [-0.3, -0.25) is 4.79 Å². The van der Waals surface area contributed by atoms with Crippen molar-refractivity contribution in [2.75, 3.05) is 6.61 Å². The molecule has 0 amide bonds. The fraction of sp³-hybridized carbons (Fsp3) is 0.909. The largest absolute Gasteiger partial charge is 0.459 e. The zero-order chi connectivity index (χ0) is 12.3. The molecule has 1 atom stereocenters. The molecule has 98 valence electrons. The third kappa shape index (κ3) is 10.2. The number of hydrogen-bond donors (Lipinski definition) is 1. The Bertz CT molecular complexity index is 218. The van der Waals surface area contributed by atoms with E-state index in [4.69, 9.17) is 15.2 Å². The van der Waals surface area contributed by atoms with Gasteiger partial charge < -0.3 is 15.2 Å². The summed E-state index contributed by atoms with van der Waals surface area (Å²) in [6.45, 7) is 11.3. The van der Waals surface area contributed by atoms with Crippen LogP contribution in [0.3, 0.4) is 0 Å². The van der Waals surface area contributed by atoms with Gasteiger partial charge in [-0.15, -0.1) is 12.4 Å². The number of carbonyl (C=O) groups excluding carboxylic acids is 1. The molecule has 0 aromatic heterocycles. The molecular weight excluding hydrogens is 230 g/mol. The first kappa shape index (κ1) is 18.1. The Morgan fingerprint density at radius 2 is 1.56 bits per heavy atom. The smallest absolute Gasteiger partial charge is 0.325 e. The van der Waals surface area contributed by atoms with Gasteiger partial charge >= 0.3 is 5.97 Å². The van der Waals surface area contributed by atoms with Crippen molar-refractivity contribution in [2.24, 2.45) is 5.73 Å². The minimum atomic E-state index is -0.719. The van der Waals surface area contributed by atoms with E-state index in [1.54, 1.807) is 0 Å². The van der Waals surface area contributed by atoms with Gasteiger partial charge in [0.1, 0.15) is 11.6 Å². The van der Waals surface area contributed by atoms with E-state index in [1.165, 1.54) is 0 Å². The molecule has 0 bridgehead atoms. The molecule has 5 heteroatoms. The Balaban J connectivity index is 0. The van der Waals surface area contributed by atoms with Crippen LogP contribution in [0.2, 0.25) is 0 Å². The molecule has 0 aromatic rings. The molecule has 0 saturated carbocycles. The lowest BCUT2D eigenvalue weighted by atomic mass is 10.2. The summed E-state index contributed by atoms with van der Waals surface area (Å²) in [6.07, 6.45) is 0. The number of carbonyl (C=O) groups is 1. The van der Waals surface area contributed by atoms with E-state index in [9.17, 15) is 4.79 Å². The van der Waals surface area contributed by atoms with E-state index in [0.717, 1.165) is 0 Å². The highest BCUT2D eigenvalue weighted by Crippen LogP contribution is 2.10. The zero-order valence-electron chi connectivity index (χ0n) is 11.0. The predicted octanol–water partition coefficient (Wildman–Crippen LogP) is 1.89. The number of hydrogen-bond acceptors (Lipinski definition) is 4. The Hall–Kier alpha value is -0.320.